The third kappa shape index (κ3) is 2.03. The highest BCUT2D eigenvalue weighted by Gasteiger charge is 2.34. The van der Waals surface area contributed by atoms with Crippen LogP contribution in [-0.2, 0) is 9.53 Å². The van der Waals surface area contributed by atoms with Crippen molar-refractivity contribution in [1.29, 1.82) is 0 Å². The van der Waals surface area contributed by atoms with Gasteiger partial charge in [-0.25, -0.2) is 0 Å². The van der Waals surface area contributed by atoms with Crippen molar-refractivity contribution >= 4 is 5.97 Å². The summed E-state index contributed by atoms with van der Waals surface area (Å²) >= 11 is 0. The van der Waals surface area contributed by atoms with Crippen molar-refractivity contribution in [1.82, 2.24) is 15.1 Å². The van der Waals surface area contributed by atoms with E-state index in [0.29, 0.717) is 12.5 Å². The molecule has 1 N–H and O–H groups in total. The Morgan fingerprint density at radius 1 is 1.39 bits per heavy atom. The SMILES string of the molecule is Cc1[nH]ncc1C1CCN(C2CCOC2=O)CC1. The lowest BCUT2D eigenvalue weighted by Gasteiger charge is -2.34. The molecule has 3 rings (SSSR count). The maximum Gasteiger partial charge on any atom is 0.323 e. The predicted molar refractivity (Wildman–Crippen MR) is 66.2 cm³/mol. The molecular formula is C13H19N3O2. The largest absolute Gasteiger partial charge is 0.464 e. The van der Waals surface area contributed by atoms with Crippen LogP contribution in [0.5, 0.6) is 0 Å². The Morgan fingerprint density at radius 2 is 2.17 bits per heavy atom. The lowest BCUT2D eigenvalue weighted by Crippen LogP contribution is -2.43. The van der Waals surface area contributed by atoms with Crippen molar-refractivity contribution in [3.63, 3.8) is 0 Å². The van der Waals surface area contributed by atoms with Gasteiger partial charge in [-0.1, -0.05) is 0 Å². The van der Waals surface area contributed by atoms with Gasteiger partial charge in [-0.3, -0.25) is 14.8 Å². The molecule has 0 amide bonds. The van der Waals surface area contributed by atoms with E-state index in [0.717, 1.165) is 32.4 Å². The molecule has 0 bridgehead atoms. The van der Waals surface area contributed by atoms with E-state index in [1.165, 1.54) is 11.3 Å². The molecule has 2 aliphatic heterocycles. The zero-order valence-corrected chi connectivity index (χ0v) is 10.7. The number of carbonyl (C=O) groups is 1. The number of aromatic amines is 1. The van der Waals surface area contributed by atoms with E-state index in [4.69, 9.17) is 4.74 Å². The van der Waals surface area contributed by atoms with Gasteiger partial charge < -0.3 is 4.74 Å². The molecule has 1 aromatic rings. The van der Waals surface area contributed by atoms with Crippen LogP contribution in [0.1, 0.15) is 36.4 Å². The smallest absolute Gasteiger partial charge is 0.323 e. The maximum atomic E-state index is 11.6. The first-order chi connectivity index (χ1) is 8.75. The summed E-state index contributed by atoms with van der Waals surface area (Å²) in [6.07, 6.45) is 5.00. The fraction of sp³-hybridized carbons (Fsp3) is 0.692. The number of likely N-dealkylation sites (tertiary alicyclic amines) is 1. The summed E-state index contributed by atoms with van der Waals surface area (Å²) in [4.78, 5) is 13.8. The van der Waals surface area contributed by atoms with Crippen molar-refractivity contribution in [2.24, 2.45) is 0 Å². The van der Waals surface area contributed by atoms with E-state index in [9.17, 15) is 4.79 Å². The maximum absolute atomic E-state index is 11.6. The summed E-state index contributed by atoms with van der Waals surface area (Å²) in [6.45, 7) is 4.62. The number of esters is 1. The molecule has 0 saturated carbocycles. The van der Waals surface area contributed by atoms with Gasteiger partial charge in [-0.15, -0.1) is 0 Å². The average Bonchev–Trinajstić information content (AvgIpc) is 2.98. The molecule has 2 saturated heterocycles. The van der Waals surface area contributed by atoms with Crippen LogP contribution < -0.4 is 0 Å². The summed E-state index contributed by atoms with van der Waals surface area (Å²) in [5.41, 5.74) is 2.51. The van der Waals surface area contributed by atoms with E-state index < -0.39 is 0 Å². The van der Waals surface area contributed by atoms with Crippen molar-refractivity contribution < 1.29 is 9.53 Å². The Kier molecular flexibility index (Phi) is 3.07. The van der Waals surface area contributed by atoms with Crippen LogP contribution in [0.25, 0.3) is 0 Å². The van der Waals surface area contributed by atoms with Crippen molar-refractivity contribution in [2.75, 3.05) is 19.7 Å². The lowest BCUT2D eigenvalue weighted by molar-refractivity contribution is -0.142. The predicted octanol–water partition coefficient (Wildman–Crippen LogP) is 1.21. The average molecular weight is 249 g/mol. The summed E-state index contributed by atoms with van der Waals surface area (Å²) in [6, 6.07) is 0.0106. The molecule has 98 valence electrons. The number of ether oxygens (including phenoxy) is 1. The van der Waals surface area contributed by atoms with Crippen LogP contribution in [0.3, 0.4) is 0 Å². The number of nitrogens with zero attached hydrogens (tertiary/aromatic N) is 2. The van der Waals surface area contributed by atoms with Gasteiger partial charge in [0.05, 0.1) is 12.8 Å². The number of piperidine rings is 1. The van der Waals surface area contributed by atoms with E-state index >= 15 is 0 Å². The highest BCUT2D eigenvalue weighted by atomic mass is 16.5. The molecule has 1 atom stereocenters. The minimum atomic E-state index is -0.0343. The molecule has 1 unspecified atom stereocenters. The fourth-order valence-electron chi connectivity index (χ4n) is 3.11. The minimum absolute atomic E-state index is 0.0106. The summed E-state index contributed by atoms with van der Waals surface area (Å²) in [7, 11) is 0. The van der Waals surface area contributed by atoms with Gasteiger partial charge in [-0.2, -0.15) is 5.10 Å². The van der Waals surface area contributed by atoms with Gasteiger partial charge in [0.15, 0.2) is 0 Å². The Balaban J connectivity index is 1.61. The highest BCUT2D eigenvalue weighted by Crippen LogP contribution is 2.31. The number of aromatic nitrogens is 2. The number of hydrogen-bond donors (Lipinski definition) is 1. The van der Waals surface area contributed by atoms with Crippen LogP contribution in [0, 0.1) is 6.92 Å². The van der Waals surface area contributed by atoms with Crippen LogP contribution in [-0.4, -0.2) is 46.8 Å². The van der Waals surface area contributed by atoms with Crippen LogP contribution in [0.15, 0.2) is 6.20 Å². The number of hydrogen-bond acceptors (Lipinski definition) is 4. The Morgan fingerprint density at radius 3 is 2.72 bits per heavy atom. The molecule has 1 aromatic heterocycles. The van der Waals surface area contributed by atoms with Crippen LogP contribution >= 0.6 is 0 Å². The zero-order valence-electron chi connectivity index (χ0n) is 10.7. The molecule has 2 aliphatic rings. The first-order valence-corrected chi connectivity index (χ1v) is 6.66. The van der Waals surface area contributed by atoms with Gasteiger partial charge in [-0.05, 0) is 44.3 Å². The lowest BCUT2D eigenvalue weighted by atomic mass is 9.89. The molecule has 0 radical (unpaired) electrons. The normalized spacial score (nSPS) is 26.5. The van der Waals surface area contributed by atoms with E-state index in [1.54, 1.807) is 0 Å². The molecule has 0 spiro atoms. The second-order valence-corrected chi connectivity index (χ2v) is 5.23. The first kappa shape index (κ1) is 11.7. The third-order valence-corrected chi connectivity index (χ3v) is 4.19. The second kappa shape index (κ2) is 4.72. The van der Waals surface area contributed by atoms with Crippen LogP contribution in [0.4, 0.5) is 0 Å². The molecule has 18 heavy (non-hydrogen) atoms. The third-order valence-electron chi connectivity index (χ3n) is 4.19. The number of rotatable bonds is 2. The van der Waals surface area contributed by atoms with E-state index in [1.807, 2.05) is 6.20 Å². The number of H-pyrrole nitrogens is 1. The summed E-state index contributed by atoms with van der Waals surface area (Å²) in [5.74, 6) is 0.547. The Labute approximate surface area is 107 Å². The highest BCUT2D eigenvalue weighted by molar-refractivity contribution is 5.77. The Hall–Kier alpha value is -1.36. The monoisotopic (exact) mass is 249 g/mol. The topological polar surface area (TPSA) is 58.2 Å². The number of carbonyl (C=O) groups excluding carboxylic acids is 1. The van der Waals surface area contributed by atoms with Gasteiger partial charge in [0.2, 0.25) is 0 Å². The molecule has 5 heteroatoms. The second-order valence-electron chi connectivity index (χ2n) is 5.23. The van der Waals surface area contributed by atoms with Crippen molar-refractivity contribution in [3.8, 4) is 0 Å². The van der Waals surface area contributed by atoms with Gasteiger partial charge in [0.1, 0.15) is 6.04 Å². The van der Waals surface area contributed by atoms with Crippen LogP contribution in [0.2, 0.25) is 0 Å². The molecule has 0 aliphatic carbocycles. The van der Waals surface area contributed by atoms with E-state index in [2.05, 4.69) is 22.0 Å². The molecule has 0 aromatic carbocycles. The molecule has 3 heterocycles. The van der Waals surface area contributed by atoms with Gasteiger partial charge in [0, 0.05) is 12.1 Å². The molecule has 2 fully saturated rings. The number of nitrogens with one attached hydrogen (secondary N) is 1. The quantitative estimate of drug-likeness (QED) is 0.800. The first-order valence-electron chi connectivity index (χ1n) is 6.66. The van der Waals surface area contributed by atoms with Crippen molar-refractivity contribution in [3.05, 3.63) is 17.5 Å². The number of cyclic esters (lactones) is 1. The molecular weight excluding hydrogens is 230 g/mol. The van der Waals surface area contributed by atoms with Gasteiger partial charge in [0.25, 0.3) is 0 Å². The summed E-state index contributed by atoms with van der Waals surface area (Å²) in [5, 5.41) is 7.09. The fourth-order valence-corrected chi connectivity index (χ4v) is 3.11. The summed E-state index contributed by atoms with van der Waals surface area (Å²) < 4.78 is 5.04. The number of aryl methyl sites for hydroxylation is 1. The van der Waals surface area contributed by atoms with Gasteiger partial charge >= 0.3 is 5.97 Å². The van der Waals surface area contributed by atoms with E-state index in [-0.39, 0.29) is 12.0 Å². The standard InChI is InChI=1S/C13H19N3O2/c1-9-11(8-14-15-9)10-2-5-16(6-3-10)12-4-7-18-13(12)17/h8,10,12H,2-7H2,1H3,(H,14,15). The minimum Gasteiger partial charge on any atom is -0.464 e. The zero-order chi connectivity index (χ0) is 12.5. The Bertz CT molecular complexity index is 435. The molecule has 5 nitrogen and oxygen atoms in total. The van der Waals surface area contributed by atoms with Crippen molar-refractivity contribution in [2.45, 2.75) is 38.1 Å².